The van der Waals surface area contributed by atoms with E-state index in [2.05, 4.69) is 5.32 Å². The Kier molecular flexibility index (Phi) is 3.10. The van der Waals surface area contributed by atoms with E-state index in [1.165, 1.54) is 6.07 Å². The molecule has 2 aromatic rings. The van der Waals surface area contributed by atoms with Crippen LogP contribution in [-0.4, -0.2) is 0 Å². The topological polar surface area (TPSA) is 38.0 Å². The van der Waals surface area contributed by atoms with Crippen molar-refractivity contribution in [3.63, 3.8) is 0 Å². The molecule has 0 amide bonds. The van der Waals surface area contributed by atoms with Gasteiger partial charge in [-0.05, 0) is 30.0 Å². The minimum atomic E-state index is -0.227. The molecule has 0 aliphatic rings. The molecule has 3 N–H and O–H groups in total. The molecule has 1 aromatic heterocycles. The zero-order chi connectivity index (χ0) is 11.5. The van der Waals surface area contributed by atoms with Crippen LogP contribution in [0.4, 0.5) is 15.8 Å². The molecule has 0 aliphatic heterocycles. The lowest BCUT2D eigenvalue weighted by molar-refractivity contribution is 0.629. The molecule has 2 rings (SSSR count). The summed E-state index contributed by atoms with van der Waals surface area (Å²) in [6.07, 6.45) is 0. The van der Waals surface area contributed by atoms with Gasteiger partial charge in [-0.3, -0.25) is 0 Å². The molecule has 1 aromatic carbocycles. The first kappa shape index (κ1) is 11.0. The summed E-state index contributed by atoms with van der Waals surface area (Å²) in [4.78, 5) is 1.03. The zero-order valence-electron chi connectivity index (χ0n) is 8.96. The lowest BCUT2D eigenvalue weighted by Crippen LogP contribution is -2.03. The van der Waals surface area contributed by atoms with Crippen LogP contribution < -0.4 is 11.1 Å². The van der Waals surface area contributed by atoms with E-state index in [-0.39, 0.29) is 5.82 Å². The number of nitrogen functional groups attached to an aromatic ring is 1. The van der Waals surface area contributed by atoms with Crippen LogP contribution in [0, 0.1) is 12.7 Å². The lowest BCUT2D eigenvalue weighted by Gasteiger charge is -2.09. The van der Waals surface area contributed by atoms with Crippen LogP contribution >= 0.6 is 11.3 Å². The van der Waals surface area contributed by atoms with Crippen molar-refractivity contribution in [3.05, 3.63) is 45.9 Å². The van der Waals surface area contributed by atoms with E-state index < -0.39 is 0 Å². The Bertz CT molecular complexity index is 473. The summed E-state index contributed by atoms with van der Waals surface area (Å²) in [6.45, 7) is 2.44. The third kappa shape index (κ3) is 2.17. The average molecular weight is 236 g/mol. The number of anilines is 2. The van der Waals surface area contributed by atoms with Crippen LogP contribution in [0.2, 0.25) is 0 Å². The summed E-state index contributed by atoms with van der Waals surface area (Å²) in [7, 11) is 0. The summed E-state index contributed by atoms with van der Waals surface area (Å²) in [5.74, 6) is -0.227. The van der Waals surface area contributed by atoms with Crippen LogP contribution in [0.5, 0.6) is 0 Å². The van der Waals surface area contributed by atoms with Crippen molar-refractivity contribution in [1.82, 2.24) is 0 Å². The molecular formula is C12H13FN2S. The lowest BCUT2D eigenvalue weighted by atomic mass is 10.2. The van der Waals surface area contributed by atoms with Gasteiger partial charge in [-0.2, -0.15) is 0 Å². The number of para-hydroxylation sites is 1. The van der Waals surface area contributed by atoms with Crippen molar-refractivity contribution in [3.8, 4) is 0 Å². The van der Waals surface area contributed by atoms with Gasteiger partial charge in [-0.25, -0.2) is 4.39 Å². The van der Waals surface area contributed by atoms with Crippen molar-refractivity contribution in [2.45, 2.75) is 13.5 Å². The summed E-state index contributed by atoms with van der Waals surface area (Å²) >= 11 is 1.57. The number of nitrogens with two attached hydrogens (primary N) is 1. The Morgan fingerprint density at radius 3 is 2.81 bits per heavy atom. The highest BCUT2D eigenvalue weighted by atomic mass is 32.1. The quantitative estimate of drug-likeness (QED) is 0.857. The van der Waals surface area contributed by atoms with Gasteiger partial charge >= 0.3 is 0 Å². The van der Waals surface area contributed by atoms with Gasteiger partial charge < -0.3 is 11.1 Å². The third-order valence-corrected chi connectivity index (χ3v) is 3.36. The molecule has 2 nitrogen and oxygen atoms in total. The average Bonchev–Trinajstić information content (AvgIpc) is 2.64. The molecule has 0 atom stereocenters. The molecule has 0 unspecified atom stereocenters. The summed E-state index contributed by atoms with van der Waals surface area (Å²) in [5.41, 5.74) is 7.96. The maximum absolute atomic E-state index is 13.5. The Labute approximate surface area is 97.9 Å². The predicted molar refractivity (Wildman–Crippen MR) is 67.2 cm³/mol. The Hall–Kier alpha value is -1.55. The maximum Gasteiger partial charge on any atom is 0.146 e. The fourth-order valence-corrected chi connectivity index (χ4v) is 2.26. The van der Waals surface area contributed by atoms with Gasteiger partial charge in [0.1, 0.15) is 5.82 Å². The van der Waals surface area contributed by atoms with E-state index in [1.807, 2.05) is 24.4 Å². The van der Waals surface area contributed by atoms with E-state index in [0.717, 1.165) is 16.1 Å². The second-order valence-corrected chi connectivity index (χ2v) is 4.59. The van der Waals surface area contributed by atoms with Crippen molar-refractivity contribution < 1.29 is 4.39 Å². The minimum absolute atomic E-state index is 0.227. The van der Waals surface area contributed by atoms with E-state index in [9.17, 15) is 4.39 Å². The third-order valence-electron chi connectivity index (χ3n) is 2.43. The first-order chi connectivity index (χ1) is 7.68. The van der Waals surface area contributed by atoms with E-state index in [1.54, 1.807) is 17.4 Å². The fourth-order valence-electron chi connectivity index (χ4n) is 1.52. The van der Waals surface area contributed by atoms with Crippen molar-refractivity contribution in [2.24, 2.45) is 0 Å². The minimum Gasteiger partial charge on any atom is -0.398 e. The Morgan fingerprint density at radius 2 is 2.19 bits per heavy atom. The van der Waals surface area contributed by atoms with Crippen LogP contribution in [0.25, 0.3) is 0 Å². The summed E-state index contributed by atoms with van der Waals surface area (Å²) in [5, 5.41) is 5.01. The molecule has 0 fully saturated rings. The highest BCUT2D eigenvalue weighted by Crippen LogP contribution is 2.23. The molecule has 4 heteroatoms. The highest BCUT2D eigenvalue weighted by molar-refractivity contribution is 7.10. The summed E-state index contributed by atoms with van der Waals surface area (Å²) in [6, 6.07) is 6.89. The smallest absolute Gasteiger partial charge is 0.146 e. The Morgan fingerprint density at radius 1 is 1.38 bits per heavy atom. The first-order valence-electron chi connectivity index (χ1n) is 4.99. The number of nitrogens with one attached hydrogen (secondary N) is 1. The number of aryl methyl sites for hydroxylation is 1. The molecule has 0 saturated carbocycles. The molecule has 0 spiro atoms. The molecule has 0 aliphatic carbocycles. The van der Waals surface area contributed by atoms with Gasteiger partial charge in [0.2, 0.25) is 0 Å². The van der Waals surface area contributed by atoms with Crippen LogP contribution in [-0.2, 0) is 6.54 Å². The first-order valence-corrected chi connectivity index (χ1v) is 5.87. The van der Waals surface area contributed by atoms with Gasteiger partial charge in [0.05, 0.1) is 12.2 Å². The molecule has 0 bridgehead atoms. The van der Waals surface area contributed by atoms with Gasteiger partial charge in [0.25, 0.3) is 0 Å². The number of halogens is 1. The molecule has 84 valence electrons. The maximum atomic E-state index is 13.5. The summed E-state index contributed by atoms with van der Waals surface area (Å²) < 4.78 is 13.5. The number of rotatable bonds is 3. The molecule has 0 saturated heterocycles. The van der Waals surface area contributed by atoms with Crippen LogP contribution in [0.15, 0.2) is 29.6 Å². The van der Waals surface area contributed by atoms with Crippen molar-refractivity contribution in [1.29, 1.82) is 0 Å². The SMILES string of the molecule is Cc1cccc(F)c1NCc1sccc1N. The number of hydrogen-bond acceptors (Lipinski definition) is 3. The molecule has 0 radical (unpaired) electrons. The number of hydrogen-bond donors (Lipinski definition) is 2. The second-order valence-electron chi connectivity index (χ2n) is 3.58. The van der Waals surface area contributed by atoms with Crippen LogP contribution in [0.1, 0.15) is 10.4 Å². The normalized spacial score (nSPS) is 10.4. The predicted octanol–water partition coefficient (Wildman–Crippen LogP) is 3.39. The monoisotopic (exact) mass is 236 g/mol. The van der Waals surface area contributed by atoms with Crippen LogP contribution in [0.3, 0.4) is 0 Å². The van der Waals surface area contributed by atoms with Gasteiger partial charge in [-0.1, -0.05) is 12.1 Å². The Balaban J connectivity index is 2.14. The fraction of sp³-hybridized carbons (Fsp3) is 0.167. The highest BCUT2D eigenvalue weighted by Gasteiger charge is 2.06. The van der Waals surface area contributed by atoms with Crippen molar-refractivity contribution >= 4 is 22.7 Å². The second kappa shape index (κ2) is 4.53. The zero-order valence-corrected chi connectivity index (χ0v) is 9.77. The molecule has 1 heterocycles. The van der Waals surface area contributed by atoms with E-state index in [4.69, 9.17) is 5.73 Å². The van der Waals surface area contributed by atoms with Gasteiger partial charge in [0.15, 0.2) is 0 Å². The molecular weight excluding hydrogens is 223 g/mol. The standard InChI is InChI=1S/C12H13FN2S/c1-8-3-2-4-9(13)12(8)15-7-11-10(14)5-6-16-11/h2-6,15H,7,14H2,1H3. The number of benzene rings is 1. The largest absolute Gasteiger partial charge is 0.398 e. The van der Waals surface area contributed by atoms with E-state index in [0.29, 0.717) is 12.2 Å². The van der Waals surface area contributed by atoms with E-state index >= 15 is 0 Å². The molecule has 16 heavy (non-hydrogen) atoms. The van der Waals surface area contributed by atoms with Gasteiger partial charge in [-0.15, -0.1) is 11.3 Å². The van der Waals surface area contributed by atoms with Crippen molar-refractivity contribution in [2.75, 3.05) is 11.1 Å². The number of thiophene rings is 1. The van der Waals surface area contributed by atoms with Gasteiger partial charge in [0, 0.05) is 10.6 Å².